The summed E-state index contributed by atoms with van der Waals surface area (Å²) in [6.07, 6.45) is 0.951. The first-order chi connectivity index (χ1) is 9.18. The van der Waals surface area contributed by atoms with Gasteiger partial charge in [0.15, 0.2) is 0 Å². The van der Waals surface area contributed by atoms with Gasteiger partial charge in [0.25, 0.3) is 0 Å². The molecular formula is C14H15NO2S2. The van der Waals surface area contributed by atoms with E-state index in [0.717, 1.165) is 18.5 Å². The summed E-state index contributed by atoms with van der Waals surface area (Å²) in [5.41, 5.74) is 0.979. The van der Waals surface area contributed by atoms with Crippen molar-refractivity contribution in [1.82, 2.24) is 4.90 Å². The van der Waals surface area contributed by atoms with Crippen LogP contribution in [0.25, 0.3) is 0 Å². The van der Waals surface area contributed by atoms with Crippen molar-refractivity contribution in [3.8, 4) is 0 Å². The van der Waals surface area contributed by atoms with Crippen molar-refractivity contribution in [2.75, 3.05) is 6.54 Å². The largest absolute Gasteiger partial charge is 0.480 e. The molecule has 2 aromatic rings. The molecule has 0 saturated carbocycles. The molecule has 0 aliphatic carbocycles. The summed E-state index contributed by atoms with van der Waals surface area (Å²) in [6.45, 7) is 2.91. The van der Waals surface area contributed by atoms with Crippen LogP contribution < -0.4 is 0 Å². The van der Waals surface area contributed by atoms with Crippen molar-refractivity contribution < 1.29 is 9.90 Å². The first kappa shape index (κ1) is 12.8. The molecular weight excluding hydrogens is 278 g/mol. The van der Waals surface area contributed by atoms with E-state index in [2.05, 4.69) is 17.9 Å². The van der Waals surface area contributed by atoms with Gasteiger partial charge < -0.3 is 5.11 Å². The number of hydrogen-bond acceptors (Lipinski definition) is 4. The molecule has 2 unspecified atom stereocenters. The lowest BCUT2D eigenvalue weighted by Gasteiger charge is -2.37. The molecule has 0 bridgehead atoms. The molecule has 0 fully saturated rings. The van der Waals surface area contributed by atoms with Crippen LogP contribution in [0.15, 0.2) is 29.0 Å². The number of fused-ring (bicyclic) bond motifs is 1. The van der Waals surface area contributed by atoms with Gasteiger partial charge in [-0.15, -0.1) is 22.7 Å². The van der Waals surface area contributed by atoms with Crippen molar-refractivity contribution in [2.24, 2.45) is 0 Å². The van der Waals surface area contributed by atoms with Gasteiger partial charge in [-0.05, 0) is 41.8 Å². The van der Waals surface area contributed by atoms with E-state index in [-0.39, 0.29) is 6.04 Å². The number of carboxylic acids is 1. The van der Waals surface area contributed by atoms with Crippen molar-refractivity contribution in [3.05, 3.63) is 44.3 Å². The van der Waals surface area contributed by atoms with E-state index in [4.69, 9.17) is 0 Å². The molecule has 5 heteroatoms. The third-order valence-corrected chi connectivity index (χ3v) is 5.73. The highest BCUT2D eigenvalue weighted by Gasteiger charge is 2.36. The van der Waals surface area contributed by atoms with Gasteiger partial charge in [-0.3, -0.25) is 9.69 Å². The first-order valence-electron chi connectivity index (χ1n) is 6.26. The molecule has 2 atom stereocenters. The minimum atomic E-state index is -0.747. The molecule has 0 amide bonds. The van der Waals surface area contributed by atoms with Gasteiger partial charge >= 0.3 is 5.97 Å². The lowest BCUT2D eigenvalue weighted by atomic mass is 9.98. The lowest BCUT2D eigenvalue weighted by Crippen LogP contribution is -2.40. The molecule has 3 nitrogen and oxygen atoms in total. The Labute approximate surface area is 120 Å². The van der Waals surface area contributed by atoms with Crippen molar-refractivity contribution in [1.29, 1.82) is 0 Å². The third-order valence-electron chi connectivity index (χ3n) is 3.69. The second-order valence-electron chi connectivity index (χ2n) is 4.72. The van der Waals surface area contributed by atoms with Crippen LogP contribution in [-0.4, -0.2) is 22.5 Å². The number of nitrogens with zero attached hydrogens (tertiary/aromatic N) is 1. The second-order valence-corrected chi connectivity index (χ2v) is 6.70. The Morgan fingerprint density at radius 1 is 1.42 bits per heavy atom. The predicted molar refractivity (Wildman–Crippen MR) is 77.8 cm³/mol. The van der Waals surface area contributed by atoms with Gasteiger partial charge in [0.05, 0.1) is 0 Å². The molecule has 0 spiro atoms. The highest BCUT2D eigenvalue weighted by Crippen LogP contribution is 2.39. The zero-order valence-corrected chi connectivity index (χ0v) is 12.2. The maximum atomic E-state index is 11.7. The summed E-state index contributed by atoms with van der Waals surface area (Å²) < 4.78 is 0. The van der Waals surface area contributed by atoms with Crippen molar-refractivity contribution in [2.45, 2.75) is 25.4 Å². The van der Waals surface area contributed by atoms with Gasteiger partial charge in [-0.2, -0.15) is 0 Å². The molecule has 0 saturated heterocycles. The van der Waals surface area contributed by atoms with Crippen LogP contribution in [0.3, 0.4) is 0 Å². The fourth-order valence-electron chi connectivity index (χ4n) is 2.72. The van der Waals surface area contributed by atoms with Gasteiger partial charge in [0, 0.05) is 22.3 Å². The fourth-order valence-corrected chi connectivity index (χ4v) is 4.43. The quantitative estimate of drug-likeness (QED) is 0.940. The molecule has 19 heavy (non-hydrogen) atoms. The minimum absolute atomic E-state index is 0.147. The van der Waals surface area contributed by atoms with Crippen LogP contribution in [0.2, 0.25) is 0 Å². The average Bonchev–Trinajstić information content (AvgIpc) is 3.06. The van der Waals surface area contributed by atoms with Gasteiger partial charge in [-0.1, -0.05) is 6.07 Å². The van der Waals surface area contributed by atoms with E-state index >= 15 is 0 Å². The first-order valence-corrected chi connectivity index (χ1v) is 8.02. The standard InChI is InChI=1S/C14H15NO2S2/c1-9(11-3-2-7-18-11)15-6-4-12-10(5-8-19-12)13(15)14(16)17/h2-3,5,7-9,13H,4,6H2,1H3,(H,16,17). The van der Waals surface area contributed by atoms with E-state index < -0.39 is 12.0 Å². The number of carboxylic acid groups (broad SMARTS) is 1. The molecule has 1 aliphatic heterocycles. The number of thiophene rings is 2. The van der Waals surface area contributed by atoms with Crippen LogP contribution in [0, 0.1) is 0 Å². The summed E-state index contributed by atoms with van der Waals surface area (Å²) in [7, 11) is 0. The highest BCUT2D eigenvalue weighted by molar-refractivity contribution is 7.10. The molecule has 1 aliphatic rings. The Morgan fingerprint density at radius 2 is 2.26 bits per heavy atom. The van der Waals surface area contributed by atoms with E-state index in [1.165, 1.54) is 9.75 Å². The number of aliphatic carboxylic acids is 1. The minimum Gasteiger partial charge on any atom is -0.480 e. The summed E-state index contributed by atoms with van der Waals surface area (Å²) >= 11 is 3.36. The Kier molecular flexibility index (Phi) is 3.43. The average molecular weight is 293 g/mol. The molecule has 0 aromatic carbocycles. The third kappa shape index (κ3) is 2.22. The Balaban J connectivity index is 1.96. The lowest BCUT2D eigenvalue weighted by molar-refractivity contribution is -0.145. The maximum absolute atomic E-state index is 11.7. The molecule has 2 aromatic heterocycles. The Morgan fingerprint density at radius 3 is 2.95 bits per heavy atom. The second kappa shape index (κ2) is 5.07. The van der Waals surface area contributed by atoms with E-state index in [1.54, 1.807) is 22.7 Å². The molecule has 100 valence electrons. The number of rotatable bonds is 3. The number of hydrogen-bond donors (Lipinski definition) is 1. The van der Waals surface area contributed by atoms with Crippen LogP contribution in [-0.2, 0) is 11.2 Å². The Bertz CT molecular complexity index is 576. The summed E-state index contributed by atoms with van der Waals surface area (Å²) in [4.78, 5) is 16.2. The monoisotopic (exact) mass is 293 g/mol. The maximum Gasteiger partial charge on any atom is 0.325 e. The summed E-state index contributed by atoms with van der Waals surface area (Å²) in [6, 6.07) is 5.71. The van der Waals surface area contributed by atoms with Gasteiger partial charge in [0.2, 0.25) is 0 Å². The number of carbonyl (C=O) groups is 1. The van der Waals surface area contributed by atoms with E-state index in [1.807, 2.05) is 22.9 Å². The zero-order chi connectivity index (χ0) is 13.4. The van der Waals surface area contributed by atoms with Crippen LogP contribution in [0.4, 0.5) is 0 Å². The normalized spacial score (nSPS) is 21.0. The summed E-state index contributed by atoms with van der Waals surface area (Å²) in [5.74, 6) is -0.747. The fraction of sp³-hybridized carbons (Fsp3) is 0.357. The zero-order valence-electron chi connectivity index (χ0n) is 10.6. The van der Waals surface area contributed by atoms with Crippen LogP contribution in [0.5, 0.6) is 0 Å². The Hall–Kier alpha value is -1.17. The SMILES string of the molecule is CC(c1cccs1)N1CCc2sccc2C1C(=O)O. The van der Waals surface area contributed by atoms with Crippen LogP contribution >= 0.6 is 22.7 Å². The van der Waals surface area contributed by atoms with E-state index in [9.17, 15) is 9.90 Å². The molecule has 3 rings (SSSR count). The summed E-state index contributed by atoms with van der Waals surface area (Å²) in [5, 5.41) is 13.6. The van der Waals surface area contributed by atoms with Crippen LogP contribution in [0.1, 0.15) is 34.3 Å². The van der Waals surface area contributed by atoms with Gasteiger partial charge in [-0.25, -0.2) is 0 Å². The molecule has 1 N–H and O–H groups in total. The highest BCUT2D eigenvalue weighted by atomic mass is 32.1. The smallest absolute Gasteiger partial charge is 0.325 e. The van der Waals surface area contributed by atoms with Gasteiger partial charge in [0.1, 0.15) is 6.04 Å². The molecule has 0 radical (unpaired) electrons. The van der Waals surface area contributed by atoms with E-state index in [0.29, 0.717) is 0 Å². The van der Waals surface area contributed by atoms with Crippen molar-refractivity contribution in [3.63, 3.8) is 0 Å². The molecule has 3 heterocycles. The topological polar surface area (TPSA) is 40.5 Å². The predicted octanol–water partition coefficient (Wildman–Crippen LogP) is 3.55. The van der Waals surface area contributed by atoms with Crippen molar-refractivity contribution >= 4 is 28.6 Å².